The Labute approximate surface area is 217 Å². The first kappa shape index (κ1) is 27.8. The van der Waals surface area contributed by atoms with E-state index in [9.17, 15) is 19.5 Å². The number of fused-ring (bicyclic) bond motifs is 2. The van der Waals surface area contributed by atoms with Gasteiger partial charge in [0.1, 0.15) is 5.75 Å². The van der Waals surface area contributed by atoms with Crippen LogP contribution < -0.4 is 22.0 Å². The van der Waals surface area contributed by atoms with E-state index in [-0.39, 0.29) is 62.5 Å². The van der Waals surface area contributed by atoms with E-state index in [1.54, 1.807) is 18.2 Å². The summed E-state index contributed by atoms with van der Waals surface area (Å²) in [6, 6.07) is 7.72. The van der Waals surface area contributed by atoms with Crippen molar-refractivity contribution in [2.75, 3.05) is 53.1 Å². The lowest BCUT2D eigenvalue weighted by molar-refractivity contribution is 0.376. The minimum Gasteiger partial charge on any atom is -0.508 e. The minimum absolute atomic E-state index is 0. The molecule has 0 radical (unpaired) electrons. The lowest BCUT2D eigenvalue weighted by Crippen LogP contribution is -2.40. The molecular weight excluding hydrogens is 570 g/mol. The van der Waals surface area contributed by atoms with Gasteiger partial charge in [0.05, 0.1) is 27.2 Å². The number of nitrogens with zero attached hydrogens (tertiary/aromatic N) is 4. The number of nitrogens with one attached hydrogen (secondary N) is 1. The number of likely N-dealkylation sites (N-methyl/N-ethyl adjacent to an activating group) is 2. The van der Waals surface area contributed by atoms with Crippen molar-refractivity contribution >= 4 is 66.8 Å². The quantitative estimate of drug-likeness (QED) is 0.248. The summed E-state index contributed by atoms with van der Waals surface area (Å²) in [7, 11) is 7.64. The van der Waals surface area contributed by atoms with Gasteiger partial charge in [-0.25, -0.2) is 4.79 Å². The molecule has 2 aromatic carbocycles. The molecule has 11 heteroatoms. The Balaban J connectivity index is 0.00000204. The molecule has 2 heterocycles. The fourth-order valence-corrected chi connectivity index (χ4v) is 3.99. The third-order valence-corrected chi connectivity index (χ3v) is 5.64. The van der Waals surface area contributed by atoms with Crippen LogP contribution in [0.15, 0.2) is 44.7 Å². The number of pyridine rings is 1. The standard InChI is InChI=1S/C23H27N5O4.2BrH/c1-25(2)10-9-24-17-7-6-15-20-19(17)21(30)16-13-14(29)5-8-18(16)28(20)23(32)27(22(15)31)12-11-26(3)4;;/h5-8,13,24,29H,9-12H2,1-4H3;2*1H. The van der Waals surface area contributed by atoms with Crippen LogP contribution in [0.5, 0.6) is 5.75 Å². The van der Waals surface area contributed by atoms with Crippen LogP contribution in [0.3, 0.4) is 0 Å². The highest BCUT2D eigenvalue weighted by atomic mass is 79.9. The van der Waals surface area contributed by atoms with Crippen LogP contribution in [0.25, 0.3) is 27.2 Å². The fraction of sp³-hybridized carbons (Fsp3) is 0.348. The average Bonchev–Trinajstić information content (AvgIpc) is 2.73. The molecule has 0 saturated carbocycles. The molecule has 2 aromatic heterocycles. The number of anilines is 1. The maximum absolute atomic E-state index is 13.5. The number of aromatic hydroxyl groups is 1. The van der Waals surface area contributed by atoms with Crippen molar-refractivity contribution < 1.29 is 5.11 Å². The number of rotatable bonds is 7. The van der Waals surface area contributed by atoms with Gasteiger partial charge in [0.15, 0.2) is 5.43 Å². The zero-order chi connectivity index (χ0) is 23.2. The molecule has 2 N–H and O–H groups in total. The zero-order valence-corrected chi connectivity index (χ0v) is 22.9. The van der Waals surface area contributed by atoms with E-state index in [1.807, 2.05) is 38.0 Å². The first-order valence-electron chi connectivity index (χ1n) is 10.4. The number of hydrogen-bond acceptors (Lipinski definition) is 7. The summed E-state index contributed by atoms with van der Waals surface area (Å²) in [5, 5.41) is 14.1. The number of aromatic nitrogens is 2. The minimum atomic E-state index is -0.504. The maximum atomic E-state index is 13.5. The predicted octanol–water partition coefficient (Wildman–Crippen LogP) is 1.96. The van der Waals surface area contributed by atoms with Crippen LogP contribution in [-0.4, -0.2) is 71.7 Å². The van der Waals surface area contributed by atoms with Gasteiger partial charge in [-0.15, -0.1) is 34.0 Å². The third kappa shape index (κ3) is 4.83. The van der Waals surface area contributed by atoms with Gasteiger partial charge in [0, 0.05) is 31.9 Å². The fourth-order valence-electron chi connectivity index (χ4n) is 3.99. The third-order valence-electron chi connectivity index (χ3n) is 5.64. The van der Waals surface area contributed by atoms with Gasteiger partial charge in [0.25, 0.3) is 5.56 Å². The molecule has 0 fully saturated rings. The Morgan fingerprint density at radius 2 is 1.59 bits per heavy atom. The van der Waals surface area contributed by atoms with Crippen molar-refractivity contribution in [3.63, 3.8) is 0 Å². The Hall–Kier alpha value is -2.47. The molecule has 0 saturated heterocycles. The highest BCUT2D eigenvalue weighted by Gasteiger charge is 2.21. The van der Waals surface area contributed by atoms with Crippen LogP contribution in [0.1, 0.15) is 0 Å². The van der Waals surface area contributed by atoms with Crippen molar-refractivity contribution in [2.24, 2.45) is 0 Å². The van der Waals surface area contributed by atoms with E-state index in [0.717, 1.165) is 6.54 Å². The summed E-state index contributed by atoms with van der Waals surface area (Å²) in [4.78, 5) is 44.2. The van der Waals surface area contributed by atoms with Gasteiger partial charge in [-0.2, -0.15) is 0 Å². The number of hydrogen-bond donors (Lipinski definition) is 2. The summed E-state index contributed by atoms with van der Waals surface area (Å²) >= 11 is 0. The first-order chi connectivity index (χ1) is 15.2. The summed E-state index contributed by atoms with van der Waals surface area (Å²) < 4.78 is 2.63. The number of phenols is 1. The molecule has 0 aliphatic heterocycles. The largest absolute Gasteiger partial charge is 0.508 e. The SMILES string of the molecule is Br.Br.CN(C)CCNc1ccc2c(=O)n(CCN(C)C)c(=O)n3c4ccc(O)cc4c(=O)c1c23. The number of benzene rings is 2. The molecule has 0 spiro atoms. The van der Waals surface area contributed by atoms with Gasteiger partial charge in [-0.1, -0.05) is 0 Å². The molecule has 0 atom stereocenters. The molecule has 9 nitrogen and oxygen atoms in total. The van der Waals surface area contributed by atoms with E-state index in [0.29, 0.717) is 35.2 Å². The van der Waals surface area contributed by atoms with E-state index in [1.165, 1.54) is 21.1 Å². The number of phenolic OH excluding ortho intramolecular Hbond substituents is 1. The smallest absolute Gasteiger partial charge is 0.336 e. The van der Waals surface area contributed by atoms with E-state index in [4.69, 9.17) is 0 Å². The second-order valence-electron chi connectivity index (χ2n) is 8.52. The van der Waals surface area contributed by atoms with Crippen LogP contribution in [0.2, 0.25) is 0 Å². The average molecular weight is 599 g/mol. The maximum Gasteiger partial charge on any atom is 0.336 e. The normalized spacial score (nSPS) is 11.4. The monoisotopic (exact) mass is 597 g/mol. The second kappa shape index (κ2) is 10.9. The van der Waals surface area contributed by atoms with Gasteiger partial charge in [0.2, 0.25) is 0 Å². The summed E-state index contributed by atoms with van der Waals surface area (Å²) in [5.74, 6) is -0.0659. The molecule has 4 rings (SSSR count). The van der Waals surface area contributed by atoms with E-state index < -0.39 is 11.2 Å². The number of halogens is 2. The topological polar surface area (TPSA) is 99.3 Å². The summed E-state index contributed by atoms with van der Waals surface area (Å²) in [6.07, 6.45) is 0. The van der Waals surface area contributed by atoms with E-state index in [2.05, 4.69) is 5.32 Å². The highest BCUT2D eigenvalue weighted by Crippen LogP contribution is 2.27. The van der Waals surface area contributed by atoms with Gasteiger partial charge in [-0.05, 0) is 58.5 Å². The van der Waals surface area contributed by atoms with Crippen LogP contribution in [-0.2, 0) is 6.54 Å². The van der Waals surface area contributed by atoms with Crippen molar-refractivity contribution in [2.45, 2.75) is 6.54 Å². The van der Waals surface area contributed by atoms with E-state index >= 15 is 0 Å². The Morgan fingerprint density at radius 1 is 0.912 bits per heavy atom. The zero-order valence-electron chi connectivity index (χ0n) is 19.5. The molecule has 0 unspecified atom stereocenters. The van der Waals surface area contributed by atoms with Crippen molar-refractivity contribution in [1.29, 1.82) is 0 Å². The van der Waals surface area contributed by atoms with Crippen molar-refractivity contribution in [3.05, 3.63) is 61.4 Å². The first-order valence-corrected chi connectivity index (χ1v) is 10.4. The molecule has 0 aliphatic carbocycles. The molecule has 184 valence electrons. The van der Waals surface area contributed by atoms with Crippen molar-refractivity contribution in [1.82, 2.24) is 18.8 Å². The predicted molar refractivity (Wildman–Crippen MR) is 148 cm³/mol. The summed E-state index contributed by atoms with van der Waals surface area (Å²) in [5.41, 5.74) is -0.0381. The molecule has 0 amide bonds. The van der Waals surface area contributed by atoms with Gasteiger partial charge < -0.3 is 20.2 Å². The van der Waals surface area contributed by atoms with Gasteiger partial charge >= 0.3 is 5.69 Å². The lowest BCUT2D eigenvalue weighted by atomic mass is 10.0. The summed E-state index contributed by atoms with van der Waals surface area (Å²) in [6.45, 7) is 2.05. The molecule has 34 heavy (non-hydrogen) atoms. The van der Waals surface area contributed by atoms with Crippen molar-refractivity contribution in [3.8, 4) is 5.75 Å². The Morgan fingerprint density at radius 3 is 2.24 bits per heavy atom. The molecule has 4 aromatic rings. The Bertz CT molecular complexity index is 1500. The van der Waals surface area contributed by atoms with Crippen LogP contribution in [0.4, 0.5) is 5.69 Å². The van der Waals surface area contributed by atoms with Crippen LogP contribution >= 0.6 is 34.0 Å². The molecule has 0 bridgehead atoms. The second-order valence-corrected chi connectivity index (χ2v) is 8.52. The molecular formula is C23H29Br2N5O4. The lowest BCUT2D eigenvalue weighted by Gasteiger charge is -2.18. The Kier molecular flexibility index (Phi) is 8.86. The highest BCUT2D eigenvalue weighted by molar-refractivity contribution is 8.93. The van der Waals surface area contributed by atoms with Crippen LogP contribution in [0, 0.1) is 0 Å². The molecule has 0 aliphatic rings. The van der Waals surface area contributed by atoms with Gasteiger partial charge in [-0.3, -0.25) is 18.6 Å².